The highest BCUT2D eigenvalue weighted by atomic mass is 19.1. The van der Waals surface area contributed by atoms with Gasteiger partial charge in [0.2, 0.25) is 0 Å². The number of nitrogens with one attached hydrogen (secondary N) is 1. The zero-order valence-corrected chi connectivity index (χ0v) is 12.0. The van der Waals surface area contributed by atoms with Gasteiger partial charge in [-0.25, -0.2) is 4.39 Å². The molecule has 2 N–H and O–H groups in total. The summed E-state index contributed by atoms with van der Waals surface area (Å²) in [5.41, 5.74) is 1.51. The number of benzene rings is 1. The van der Waals surface area contributed by atoms with Crippen LogP contribution in [-0.4, -0.2) is 24.3 Å². The van der Waals surface area contributed by atoms with Crippen molar-refractivity contribution in [2.75, 3.05) is 13.6 Å². The van der Waals surface area contributed by atoms with Crippen LogP contribution >= 0.6 is 0 Å². The van der Waals surface area contributed by atoms with Crippen molar-refractivity contribution in [1.29, 1.82) is 0 Å². The summed E-state index contributed by atoms with van der Waals surface area (Å²) in [6.45, 7) is 5.07. The molecule has 0 aromatic heterocycles. The molecule has 0 fully saturated rings. The van der Waals surface area contributed by atoms with Gasteiger partial charge in [-0.05, 0) is 62.0 Å². The standard InChI is InChI=1S/C16H24FNO/c1-11(2)15-14-5-4-13(17)10-12(14)6-7-16(15,19)8-9-18-3/h4-5,10-11,15,18-19H,6-9H2,1-3H3/t15-,16-/m1/s1. The molecule has 0 bridgehead atoms. The van der Waals surface area contributed by atoms with E-state index >= 15 is 0 Å². The Kier molecular flexibility index (Phi) is 4.26. The fourth-order valence-corrected chi connectivity index (χ4v) is 3.49. The van der Waals surface area contributed by atoms with Crippen LogP contribution in [0, 0.1) is 11.7 Å². The SMILES string of the molecule is CNCC[C@]1(O)CCc2cc(F)ccc2[C@H]1C(C)C. The molecule has 0 radical (unpaired) electrons. The van der Waals surface area contributed by atoms with Crippen molar-refractivity contribution in [1.82, 2.24) is 5.32 Å². The molecule has 0 amide bonds. The second kappa shape index (κ2) is 5.59. The minimum atomic E-state index is -0.679. The third kappa shape index (κ3) is 2.82. The van der Waals surface area contributed by atoms with E-state index in [0.717, 1.165) is 30.5 Å². The van der Waals surface area contributed by atoms with Gasteiger partial charge >= 0.3 is 0 Å². The Morgan fingerprint density at radius 3 is 2.84 bits per heavy atom. The van der Waals surface area contributed by atoms with Crippen molar-refractivity contribution in [2.45, 2.75) is 44.6 Å². The maximum absolute atomic E-state index is 13.3. The first-order valence-electron chi connectivity index (χ1n) is 7.13. The Labute approximate surface area is 115 Å². The third-order valence-corrected chi connectivity index (χ3v) is 4.32. The highest BCUT2D eigenvalue weighted by Crippen LogP contribution is 2.45. The van der Waals surface area contributed by atoms with Gasteiger partial charge in [-0.1, -0.05) is 19.9 Å². The van der Waals surface area contributed by atoms with Crippen LogP contribution in [0.2, 0.25) is 0 Å². The smallest absolute Gasteiger partial charge is 0.123 e. The first kappa shape index (κ1) is 14.5. The molecule has 0 aliphatic heterocycles. The fraction of sp³-hybridized carbons (Fsp3) is 0.625. The van der Waals surface area contributed by atoms with Gasteiger partial charge in [0.05, 0.1) is 5.60 Å². The summed E-state index contributed by atoms with van der Waals surface area (Å²) in [5.74, 6) is 0.249. The van der Waals surface area contributed by atoms with E-state index in [1.54, 1.807) is 6.07 Å². The first-order valence-corrected chi connectivity index (χ1v) is 7.13. The van der Waals surface area contributed by atoms with E-state index in [0.29, 0.717) is 12.3 Å². The molecule has 2 rings (SSSR count). The summed E-state index contributed by atoms with van der Waals surface area (Å²) < 4.78 is 13.3. The Morgan fingerprint density at radius 1 is 1.47 bits per heavy atom. The van der Waals surface area contributed by atoms with E-state index in [4.69, 9.17) is 0 Å². The van der Waals surface area contributed by atoms with E-state index < -0.39 is 5.60 Å². The Bertz CT molecular complexity index is 446. The van der Waals surface area contributed by atoms with Crippen LogP contribution in [0.3, 0.4) is 0 Å². The van der Waals surface area contributed by atoms with E-state index in [1.165, 1.54) is 6.07 Å². The lowest BCUT2D eigenvalue weighted by Crippen LogP contribution is -2.44. The van der Waals surface area contributed by atoms with Gasteiger partial charge in [0.15, 0.2) is 0 Å². The van der Waals surface area contributed by atoms with Crippen molar-refractivity contribution in [3.63, 3.8) is 0 Å². The molecule has 2 nitrogen and oxygen atoms in total. The lowest BCUT2D eigenvalue weighted by atomic mass is 9.66. The van der Waals surface area contributed by atoms with Gasteiger partial charge < -0.3 is 10.4 Å². The van der Waals surface area contributed by atoms with Crippen molar-refractivity contribution in [3.8, 4) is 0 Å². The predicted molar refractivity (Wildman–Crippen MR) is 75.8 cm³/mol. The molecular weight excluding hydrogens is 241 g/mol. The lowest BCUT2D eigenvalue weighted by Gasteiger charge is -2.43. The topological polar surface area (TPSA) is 32.3 Å². The maximum Gasteiger partial charge on any atom is 0.123 e. The molecule has 2 atom stereocenters. The number of rotatable bonds is 4. The third-order valence-electron chi connectivity index (χ3n) is 4.32. The first-order chi connectivity index (χ1) is 8.98. The molecule has 0 saturated heterocycles. The zero-order valence-electron chi connectivity index (χ0n) is 12.0. The van der Waals surface area contributed by atoms with Crippen molar-refractivity contribution in [2.24, 2.45) is 5.92 Å². The number of aliphatic hydroxyl groups is 1. The summed E-state index contributed by atoms with van der Waals surface area (Å²) in [6, 6.07) is 5.00. The van der Waals surface area contributed by atoms with Crippen LogP contribution in [0.15, 0.2) is 18.2 Å². The maximum atomic E-state index is 13.3. The van der Waals surface area contributed by atoms with Gasteiger partial charge in [0.25, 0.3) is 0 Å². The van der Waals surface area contributed by atoms with Gasteiger partial charge in [0, 0.05) is 5.92 Å². The zero-order chi connectivity index (χ0) is 14.0. The molecule has 0 spiro atoms. The largest absolute Gasteiger partial charge is 0.389 e. The highest BCUT2D eigenvalue weighted by molar-refractivity contribution is 5.36. The van der Waals surface area contributed by atoms with Crippen LogP contribution in [0.4, 0.5) is 4.39 Å². The second-order valence-corrected chi connectivity index (χ2v) is 6.02. The molecule has 1 aliphatic rings. The second-order valence-electron chi connectivity index (χ2n) is 6.02. The van der Waals surface area contributed by atoms with Gasteiger partial charge in [-0.15, -0.1) is 0 Å². The van der Waals surface area contributed by atoms with Crippen molar-refractivity contribution in [3.05, 3.63) is 35.1 Å². The molecule has 1 aromatic rings. The number of hydrogen-bond donors (Lipinski definition) is 2. The van der Waals surface area contributed by atoms with Crippen LogP contribution in [-0.2, 0) is 6.42 Å². The lowest BCUT2D eigenvalue weighted by molar-refractivity contribution is -0.0238. The van der Waals surface area contributed by atoms with Crippen LogP contribution in [0.25, 0.3) is 0 Å². The number of aryl methyl sites for hydroxylation is 1. The van der Waals surface area contributed by atoms with E-state index in [1.807, 2.05) is 13.1 Å². The van der Waals surface area contributed by atoms with Crippen LogP contribution < -0.4 is 5.32 Å². The summed E-state index contributed by atoms with van der Waals surface area (Å²) in [5, 5.41) is 14.1. The Balaban J connectivity index is 2.38. The average Bonchev–Trinajstić information content (AvgIpc) is 2.36. The average molecular weight is 265 g/mol. The van der Waals surface area contributed by atoms with Crippen LogP contribution in [0.1, 0.15) is 43.7 Å². The quantitative estimate of drug-likeness (QED) is 0.877. The highest BCUT2D eigenvalue weighted by Gasteiger charge is 2.42. The van der Waals surface area contributed by atoms with Crippen molar-refractivity contribution >= 4 is 0 Å². The summed E-state index contributed by atoms with van der Waals surface area (Å²) >= 11 is 0. The van der Waals surface area contributed by atoms with E-state index in [9.17, 15) is 9.50 Å². The monoisotopic (exact) mass is 265 g/mol. The Morgan fingerprint density at radius 2 is 2.21 bits per heavy atom. The number of hydrogen-bond acceptors (Lipinski definition) is 2. The van der Waals surface area contributed by atoms with Crippen molar-refractivity contribution < 1.29 is 9.50 Å². The summed E-state index contributed by atoms with van der Waals surface area (Å²) in [7, 11) is 1.90. The summed E-state index contributed by atoms with van der Waals surface area (Å²) in [6.07, 6.45) is 2.22. The molecule has 3 heteroatoms. The van der Waals surface area contributed by atoms with Gasteiger partial charge in [-0.3, -0.25) is 0 Å². The Hall–Kier alpha value is -0.930. The van der Waals surface area contributed by atoms with Gasteiger partial charge in [0.1, 0.15) is 5.82 Å². The molecule has 0 unspecified atom stereocenters. The molecule has 0 saturated carbocycles. The van der Waals surface area contributed by atoms with E-state index in [2.05, 4.69) is 19.2 Å². The molecular formula is C16H24FNO. The van der Waals surface area contributed by atoms with Crippen LogP contribution in [0.5, 0.6) is 0 Å². The summed E-state index contributed by atoms with van der Waals surface area (Å²) in [4.78, 5) is 0. The molecule has 1 aromatic carbocycles. The van der Waals surface area contributed by atoms with Gasteiger partial charge in [-0.2, -0.15) is 0 Å². The minimum Gasteiger partial charge on any atom is -0.389 e. The number of halogens is 1. The molecule has 19 heavy (non-hydrogen) atoms. The molecule has 0 heterocycles. The molecule has 1 aliphatic carbocycles. The molecule has 106 valence electrons. The normalized spacial score (nSPS) is 26.5. The fourth-order valence-electron chi connectivity index (χ4n) is 3.49. The predicted octanol–water partition coefficient (Wildman–Crippen LogP) is 2.85. The number of fused-ring (bicyclic) bond motifs is 1. The minimum absolute atomic E-state index is 0.0881. The van der Waals surface area contributed by atoms with E-state index in [-0.39, 0.29) is 11.7 Å².